The number of nitrogens with one attached hydrogen (secondary N) is 2. The van der Waals surface area contributed by atoms with Gasteiger partial charge in [-0.3, -0.25) is 9.59 Å². The highest BCUT2D eigenvalue weighted by Crippen LogP contribution is 2.30. The minimum absolute atomic E-state index is 0.0955. The fourth-order valence-electron chi connectivity index (χ4n) is 5.07. The molecule has 2 aromatic carbocycles. The lowest BCUT2D eigenvalue weighted by Gasteiger charge is -2.32. The number of halogens is 1. The monoisotopic (exact) mass is 539 g/mol. The predicted molar refractivity (Wildman–Crippen MR) is 143 cm³/mol. The summed E-state index contributed by atoms with van der Waals surface area (Å²) in [7, 11) is 0. The van der Waals surface area contributed by atoms with Gasteiger partial charge < -0.3 is 25.0 Å². The number of carbonyl (C=O) groups is 4. The van der Waals surface area contributed by atoms with Gasteiger partial charge in [-0.2, -0.15) is 0 Å². The van der Waals surface area contributed by atoms with Gasteiger partial charge in [-0.25, -0.2) is 14.0 Å². The van der Waals surface area contributed by atoms with E-state index in [0.717, 1.165) is 24.0 Å². The van der Waals surface area contributed by atoms with Crippen LogP contribution in [0.5, 0.6) is 0 Å². The standard InChI is InChI=1S/C29H34FN3O6/c1-2-38-27(35)17-23(34)15-19-7-11-24(12-8-19)39-29(37)33-14-13-20-16-22(10-9-21(20)18-33)31-28(36)32-26-6-4-3-5-25(26)30/h3-6,9-10,16,19,24H,2,7-8,11-15,17-18H2,1H3,(H2,31,32,36)/t19-,24-. The van der Waals surface area contributed by atoms with Crippen LogP contribution in [0.15, 0.2) is 42.5 Å². The molecule has 4 rings (SSSR count). The number of urea groups is 1. The van der Waals surface area contributed by atoms with E-state index in [4.69, 9.17) is 9.47 Å². The number of fused-ring (bicyclic) bond motifs is 1. The van der Waals surface area contributed by atoms with Crippen molar-refractivity contribution in [3.05, 3.63) is 59.4 Å². The minimum atomic E-state index is -0.542. The number of Topliss-reactive ketones (excluding diaryl/α,β-unsaturated/α-hetero) is 1. The van der Waals surface area contributed by atoms with Gasteiger partial charge in [0.05, 0.1) is 12.3 Å². The van der Waals surface area contributed by atoms with Crippen LogP contribution in [0.25, 0.3) is 0 Å². The molecule has 0 atom stereocenters. The summed E-state index contributed by atoms with van der Waals surface area (Å²) < 4.78 is 24.4. The van der Waals surface area contributed by atoms with Crippen LogP contribution >= 0.6 is 0 Å². The Hall–Kier alpha value is -3.95. The molecule has 1 fully saturated rings. The van der Waals surface area contributed by atoms with E-state index in [1.807, 2.05) is 12.1 Å². The third-order valence-corrected chi connectivity index (χ3v) is 7.08. The number of ether oxygens (including phenoxy) is 2. The Morgan fingerprint density at radius 1 is 1.00 bits per heavy atom. The Morgan fingerprint density at radius 2 is 1.77 bits per heavy atom. The van der Waals surface area contributed by atoms with Crippen LogP contribution in [0.4, 0.5) is 25.4 Å². The third-order valence-electron chi connectivity index (χ3n) is 7.08. The zero-order valence-electron chi connectivity index (χ0n) is 22.0. The molecule has 0 aromatic heterocycles. The summed E-state index contributed by atoms with van der Waals surface area (Å²) >= 11 is 0. The molecule has 0 spiro atoms. The van der Waals surface area contributed by atoms with Crippen molar-refractivity contribution in [2.75, 3.05) is 23.8 Å². The van der Waals surface area contributed by atoms with Crippen molar-refractivity contribution in [3.63, 3.8) is 0 Å². The molecule has 2 aliphatic rings. The van der Waals surface area contributed by atoms with E-state index < -0.39 is 17.8 Å². The Labute approximate surface area is 227 Å². The quantitative estimate of drug-likeness (QED) is 0.341. The smallest absolute Gasteiger partial charge is 0.410 e. The van der Waals surface area contributed by atoms with Crippen LogP contribution in [-0.4, -0.2) is 48.0 Å². The summed E-state index contributed by atoms with van der Waals surface area (Å²) in [6.07, 6.45) is 3.18. The lowest BCUT2D eigenvalue weighted by Crippen LogP contribution is -2.39. The lowest BCUT2D eigenvalue weighted by molar-refractivity contribution is -0.145. The van der Waals surface area contributed by atoms with Gasteiger partial charge in [0.1, 0.15) is 24.1 Å². The molecule has 3 amide bonds. The molecular formula is C29H34FN3O6. The van der Waals surface area contributed by atoms with Crippen LogP contribution in [0.1, 0.15) is 56.6 Å². The fraction of sp³-hybridized carbons (Fsp3) is 0.448. The van der Waals surface area contributed by atoms with Gasteiger partial charge in [-0.1, -0.05) is 18.2 Å². The van der Waals surface area contributed by atoms with Gasteiger partial charge in [-0.05, 0) is 80.3 Å². The van der Waals surface area contributed by atoms with Crippen LogP contribution in [-0.2, 0) is 32.0 Å². The van der Waals surface area contributed by atoms with Crippen molar-refractivity contribution >= 4 is 35.3 Å². The van der Waals surface area contributed by atoms with Gasteiger partial charge in [0.2, 0.25) is 0 Å². The van der Waals surface area contributed by atoms with Gasteiger partial charge >= 0.3 is 18.1 Å². The van der Waals surface area contributed by atoms with E-state index in [-0.39, 0.29) is 42.6 Å². The van der Waals surface area contributed by atoms with Crippen molar-refractivity contribution in [1.82, 2.24) is 4.90 Å². The molecule has 10 heteroatoms. The second-order valence-corrected chi connectivity index (χ2v) is 9.97. The number of rotatable bonds is 8. The second kappa shape index (κ2) is 13.2. The van der Waals surface area contributed by atoms with Gasteiger partial charge in [-0.15, -0.1) is 0 Å². The average molecular weight is 540 g/mol. The number of ketones is 1. The average Bonchev–Trinajstić information content (AvgIpc) is 2.91. The number of esters is 1. The normalized spacial score (nSPS) is 18.5. The summed E-state index contributed by atoms with van der Waals surface area (Å²) in [5, 5.41) is 5.21. The molecule has 1 aliphatic heterocycles. The summed E-state index contributed by atoms with van der Waals surface area (Å²) in [5.41, 5.74) is 2.67. The highest BCUT2D eigenvalue weighted by Gasteiger charge is 2.29. The van der Waals surface area contributed by atoms with E-state index >= 15 is 0 Å². The van der Waals surface area contributed by atoms with Crippen molar-refractivity contribution in [1.29, 1.82) is 0 Å². The molecule has 208 valence electrons. The first-order valence-corrected chi connectivity index (χ1v) is 13.4. The topological polar surface area (TPSA) is 114 Å². The summed E-state index contributed by atoms with van der Waals surface area (Å²) in [5.74, 6) is -0.907. The number of hydrogen-bond donors (Lipinski definition) is 2. The lowest BCUT2D eigenvalue weighted by atomic mass is 9.84. The number of hydrogen-bond acceptors (Lipinski definition) is 6. The van der Waals surface area contributed by atoms with Crippen LogP contribution < -0.4 is 10.6 Å². The molecule has 0 unspecified atom stereocenters. The van der Waals surface area contributed by atoms with Crippen molar-refractivity contribution in [2.45, 2.75) is 64.5 Å². The molecule has 9 nitrogen and oxygen atoms in total. The maximum atomic E-state index is 13.8. The molecule has 1 aliphatic carbocycles. The first-order valence-electron chi connectivity index (χ1n) is 13.4. The number of nitrogens with zero attached hydrogens (tertiary/aromatic N) is 1. The number of para-hydroxylation sites is 1. The summed E-state index contributed by atoms with van der Waals surface area (Å²) in [4.78, 5) is 50.4. The van der Waals surface area contributed by atoms with Crippen LogP contribution in [0.2, 0.25) is 0 Å². The number of carbonyl (C=O) groups excluding carboxylic acids is 4. The Morgan fingerprint density at radius 3 is 2.51 bits per heavy atom. The van der Waals surface area contributed by atoms with Crippen molar-refractivity contribution < 1.29 is 33.0 Å². The minimum Gasteiger partial charge on any atom is -0.466 e. The van der Waals surface area contributed by atoms with Crippen molar-refractivity contribution in [2.24, 2.45) is 5.92 Å². The van der Waals surface area contributed by atoms with Gasteiger partial charge in [0.25, 0.3) is 0 Å². The zero-order valence-corrected chi connectivity index (χ0v) is 22.0. The largest absolute Gasteiger partial charge is 0.466 e. The van der Waals surface area contributed by atoms with Crippen molar-refractivity contribution in [3.8, 4) is 0 Å². The zero-order chi connectivity index (χ0) is 27.8. The molecule has 0 bridgehead atoms. The molecule has 1 saturated carbocycles. The highest BCUT2D eigenvalue weighted by atomic mass is 19.1. The maximum absolute atomic E-state index is 13.8. The predicted octanol–water partition coefficient (Wildman–Crippen LogP) is 5.44. The highest BCUT2D eigenvalue weighted by molar-refractivity contribution is 6.00. The molecule has 1 heterocycles. The molecule has 2 N–H and O–H groups in total. The molecule has 0 saturated heterocycles. The van der Waals surface area contributed by atoms with Crippen LogP contribution in [0, 0.1) is 11.7 Å². The summed E-state index contributed by atoms with van der Waals surface area (Å²) in [6, 6.07) is 10.9. The first-order chi connectivity index (χ1) is 18.8. The third kappa shape index (κ3) is 8.02. The second-order valence-electron chi connectivity index (χ2n) is 9.97. The van der Waals surface area contributed by atoms with E-state index in [2.05, 4.69) is 10.6 Å². The molecule has 39 heavy (non-hydrogen) atoms. The Kier molecular flexibility index (Phi) is 9.51. The molecule has 2 aromatic rings. The molecular weight excluding hydrogens is 505 g/mol. The van der Waals surface area contributed by atoms with Gasteiger partial charge in [0.15, 0.2) is 0 Å². The van der Waals surface area contributed by atoms with E-state index in [9.17, 15) is 23.6 Å². The number of anilines is 2. The summed E-state index contributed by atoms with van der Waals surface area (Å²) in [6.45, 7) is 2.88. The maximum Gasteiger partial charge on any atom is 0.410 e. The Bertz CT molecular complexity index is 1210. The number of benzene rings is 2. The first kappa shape index (κ1) is 28.1. The van der Waals surface area contributed by atoms with E-state index in [1.54, 1.807) is 30.0 Å². The molecule has 0 radical (unpaired) electrons. The van der Waals surface area contributed by atoms with Crippen LogP contribution in [0.3, 0.4) is 0 Å². The van der Waals surface area contributed by atoms with Gasteiger partial charge in [0, 0.05) is 25.2 Å². The SMILES string of the molecule is CCOC(=O)CC(=O)C[C@H]1CC[C@H](OC(=O)N2CCc3cc(NC(=O)Nc4ccccc4F)ccc3C2)CC1. The number of amides is 3. The van der Waals surface area contributed by atoms with E-state index in [1.165, 1.54) is 12.1 Å². The van der Waals surface area contributed by atoms with E-state index in [0.29, 0.717) is 44.5 Å². The Balaban J connectivity index is 1.21. The fourth-order valence-corrected chi connectivity index (χ4v) is 5.07.